The summed E-state index contributed by atoms with van der Waals surface area (Å²) >= 11 is 11.0. The third kappa shape index (κ3) is 4.86. The number of benzene rings is 3. The van der Waals surface area contributed by atoms with Crippen LogP contribution >= 0.6 is 38.9 Å². The molecule has 2 heterocycles. The summed E-state index contributed by atoms with van der Waals surface area (Å²) in [7, 11) is 1.46. The Morgan fingerprint density at radius 2 is 1.92 bits per heavy atom. The van der Waals surface area contributed by atoms with E-state index in [9.17, 15) is 9.59 Å². The number of fused-ring (bicyclic) bond motifs is 2. The van der Waals surface area contributed by atoms with Crippen LogP contribution in [0.15, 0.2) is 80.7 Å². The van der Waals surface area contributed by atoms with Crippen LogP contribution in [0, 0.1) is 0 Å². The standard InChI is InChI=1S/C26H16BrClN2O5S/c1-33-20-10-14(13-29-30-25(31)21-12-15-11-16(27)7-9-18(15)34-21)6-8-19(20)35-26(32)24-23(28)17-4-2-3-5-22(17)36-24/h2-13H,1H3,(H,30,31)/b29-13+. The molecule has 3 aromatic carbocycles. The molecule has 5 aromatic rings. The van der Waals surface area contributed by atoms with Crippen LogP contribution in [0.25, 0.3) is 21.1 Å². The molecular weight excluding hydrogens is 568 g/mol. The number of hydrogen-bond acceptors (Lipinski definition) is 7. The van der Waals surface area contributed by atoms with E-state index >= 15 is 0 Å². The number of amides is 1. The van der Waals surface area contributed by atoms with Crippen molar-refractivity contribution in [1.29, 1.82) is 0 Å². The Morgan fingerprint density at radius 3 is 2.72 bits per heavy atom. The maximum Gasteiger partial charge on any atom is 0.355 e. The second-order valence-electron chi connectivity index (χ2n) is 7.53. The number of carbonyl (C=O) groups excluding carboxylic acids is 2. The SMILES string of the molecule is COc1cc(/C=N/NC(=O)c2cc3cc(Br)ccc3o2)ccc1OC(=O)c1sc2ccccc2c1Cl. The van der Waals surface area contributed by atoms with Crippen molar-refractivity contribution < 1.29 is 23.5 Å². The van der Waals surface area contributed by atoms with Crippen molar-refractivity contribution in [2.45, 2.75) is 0 Å². The highest BCUT2D eigenvalue weighted by atomic mass is 79.9. The van der Waals surface area contributed by atoms with Crippen LogP contribution in [0.4, 0.5) is 0 Å². The number of rotatable bonds is 6. The van der Waals surface area contributed by atoms with Gasteiger partial charge in [0.1, 0.15) is 10.5 Å². The highest BCUT2D eigenvalue weighted by Gasteiger charge is 2.20. The maximum absolute atomic E-state index is 12.8. The van der Waals surface area contributed by atoms with E-state index < -0.39 is 11.9 Å². The summed E-state index contributed by atoms with van der Waals surface area (Å²) in [6.07, 6.45) is 1.44. The topological polar surface area (TPSA) is 90.1 Å². The fourth-order valence-electron chi connectivity index (χ4n) is 3.49. The van der Waals surface area contributed by atoms with E-state index in [0.717, 1.165) is 19.9 Å². The first-order valence-electron chi connectivity index (χ1n) is 10.5. The molecule has 0 saturated carbocycles. The molecule has 0 radical (unpaired) electrons. The molecule has 0 spiro atoms. The molecule has 0 aliphatic heterocycles. The molecule has 2 aromatic heterocycles. The van der Waals surface area contributed by atoms with Crippen LogP contribution in [0.2, 0.25) is 5.02 Å². The zero-order chi connectivity index (χ0) is 25.2. The average molecular weight is 584 g/mol. The van der Waals surface area contributed by atoms with Crippen LogP contribution in [-0.2, 0) is 0 Å². The number of halogens is 2. The van der Waals surface area contributed by atoms with Gasteiger partial charge in [-0.05, 0) is 54.1 Å². The number of thiophene rings is 1. The molecule has 0 bridgehead atoms. The van der Waals surface area contributed by atoms with E-state index in [1.807, 2.05) is 36.4 Å². The van der Waals surface area contributed by atoms with Crippen molar-refractivity contribution in [2.24, 2.45) is 5.10 Å². The minimum Gasteiger partial charge on any atom is -0.493 e. The predicted molar refractivity (Wildman–Crippen MR) is 144 cm³/mol. The van der Waals surface area contributed by atoms with Crippen molar-refractivity contribution in [2.75, 3.05) is 7.11 Å². The zero-order valence-electron chi connectivity index (χ0n) is 18.6. The summed E-state index contributed by atoms with van der Waals surface area (Å²) in [6, 6.07) is 19.5. The number of hydrazone groups is 1. The van der Waals surface area contributed by atoms with Gasteiger partial charge in [-0.25, -0.2) is 10.2 Å². The first-order valence-corrected chi connectivity index (χ1v) is 12.5. The lowest BCUT2D eigenvalue weighted by Crippen LogP contribution is -2.16. The molecule has 1 N–H and O–H groups in total. The Labute approximate surface area is 222 Å². The summed E-state index contributed by atoms with van der Waals surface area (Å²) < 4.78 is 18.3. The monoisotopic (exact) mass is 582 g/mol. The number of carbonyl (C=O) groups is 2. The summed E-state index contributed by atoms with van der Waals surface area (Å²) in [6.45, 7) is 0. The number of furan rings is 1. The Balaban J connectivity index is 1.28. The zero-order valence-corrected chi connectivity index (χ0v) is 21.7. The molecule has 0 aliphatic carbocycles. The van der Waals surface area contributed by atoms with Gasteiger partial charge >= 0.3 is 11.9 Å². The molecule has 0 saturated heterocycles. The highest BCUT2D eigenvalue weighted by Crippen LogP contribution is 2.37. The van der Waals surface area contributed by atoms with Gasteiger partial charge < -0.3 is 13.9 Å². The Hall–Kier alpha value is -3.66. The van der Waals surface area contributed by atoms with Crippen LogP contribution in [0.5, 0.6) is 11.5 Å². The molecule has 0 unspecified atom stereocenters. The lowest BCUT2D eigenvalue weighted by molar-refractivity contribution is 0.0734. The molecular formula is C26H16BrClN2O5S. The number of hydrogen-bond donors (Lipinski definition) is 1. The number of ether oxygens (including phenoxy) is 2. The van der Waals surface area contributed by atoms with Crippen molar-refractivity contribution in [3.63, 3.8) is 0 Å². The van der Waals surface area contributed by atoms with Gasteiger partial charge in [0.05, 0.1) is 18.3 Å². The van der Waals surface area contributed by atoms with Gasteiger partial charge in [0, 0.05) is 19.9 Å². The number of esters is 1. The van der Waals surface area contributed by atoms with Gasteiger partial charge in [-0.15, -0.1) is 11.3 Å². The molecule has 180 valence electrons. The summed E-state index contributed by atoms with van der Waals surface area (Å²) in [4.78, 5) is 25.5. The second kappa shape index (κ2) is 10.1. The van der Waals surface area contributed by atoms with Gasteiger partial charge in [0.25, 0.3) is 0 Å². The van der Waals surface area contributed by atoms with Gasteiger partial charge in [-0.2, -0.15) is 5.10 Å². The number of methoxy groups -OCH3 is 1. The second-order valence-corrected chi connectivity index (χ2v) is 9.88. The third-order valence-electron chi connectivity index (χ3n) is 5.19. The van der Waals surface area contributed by atoms with E-state index in [0.29, 0.717) is 26.8 Å². The first kappa shape index (κ1) is 24.1. The van der Waals surface area contributed by atoms with E-state index in [-0.39, 0.29) is 11.5 Å². The smallest absolute Gasteiger partial charge is 0.355 e. The molecule has 0 atom stereocenters. The Kier molecular flexibility index (Phi) is 6.77. The van der Waals surface area contributed by atoms with Gasteiger partial charge in [-0.3, -0.25) is 4.79 Å². The van der Waals surface area contributed by atoms with E-state index in [4.69, 9.17) is 25.5 Å². The molecule has 1 amide bonds. The van der Waals surface area contributed by atoms with Crippen molar-refractivity contribution >= 4 is 78.0 Å². The van der Waals surface area contributed by atoms with E-state index in [1.54, 1.807) is 30.3 Å². The average Bonchev–Trinajstić information content (AvgIpc) is 3.45. The molecule has 7 nitrogen and oxygen atoms in total. The van der Waals surface area contributed by atoms with Crippen molar-refractivity contribution in [3.05, 3.63) is 92.4 Å². The fourth-order valence-corrected chi connectivity index (χ4v) is 5.25. The summed E-state index contributed by atoms with van der Waals surface area (Å²) in [5.74, 6) is -0.383. The molecule has 0 aliphatic rings. The normalized spacial score (nSPS) is 11.3. The highest BCUT2D eigenvalue weighted by molar-refractivity contribution is 9.10. The third-order valence-corrected chi connectivity index (χ3v) is 7.34. The Morgan fingerprint density at radius 1 is 1.08 bits per heavy atom. The Bertz CT molecular complexity index is 1660. The van der Waals surface area contributed by atoms with Crippen molar-refractivity contribution in [1.82, 2.24) is 5.43 Å². The van der Waals surface area contributed by atoms with Gasteiger partial charge in [0.15, 0.2) is 17.3 Å². The largest absolute Gasteiger partial charge is 0.493 e. The lowest BCUT2D eigenvalue weighted by atomic mass is 10.2. The number of nitrogens with zero attached hydrogens (tertiary/aromatic N) is 1. The fraction of sp³-hybridized carbons (Fsp3) is 0.0385. The van der Waals surface area contributed by atoms with Crippen LogP contribution in [0.1, 0.15) is 25.8 Å². The van der Waals surface area contributed by atoms with Crippen LogP contribution in [0.3, 0.4) is 0 Å². The molecule has 10 heteroatoms. The van der Waals surface area contributed by atoms with Crippen LogP contribution in [-0.4, -0.2) is 25.2 Å². The van der Waals surface area contributed by atoms with E-state index in [1.165, 1.54) is 24.7 Å². The molecule has 0 fully saturated rings. The van der Waals surface area contributed by atoms with Gasteiger partial charge in [0.2, 0.25) is 0 Å². The number of nitrogens with one attached hydrogen (secondary N) is 1. The van der Waals surface area contributed by atoms with Crippen LogP contribution < -0.4 is 14.9 Å². The predicted octanol–water partition coefficient (Wildman–Crippen LogP) is 7.06. The maximum atomic E-state index is 12.8. The quantitative estimate of drug-likeness (QED) is 0.100. The minimum absolute atomic E-state index is 0.139. The minimum atomic E-state index is -0.578. The summed E-state index contributed by atoms with van der Waals surface area (Å²) in [5, 5.41) is 5.93. The first-order chi connectivity index (χ1) is 17.4. The van der Waals surface area contributed by atoms with E-state index in [2.05, 4.69) is 26.5 Å². The molecule has 5 rings (SSSR count). The van der Waals surface area contributed by atoms with Gasteiger partial charge in [-0.1, -0.05) is 45.7 Å². The summed E-state index contributed by atoms with van der Waals surface area (Å²) in [5.41, 5.74) is 3.64. The lowest BCUT2D eigenvalue weighted by Gasteiger charge is -2.09. The van der Waals surface area contributed by atoms with Crippen molar-refractivity contribution in [3.8, 4) is 11.5 Å². The molecule has 36 heavy (non-hydrogen) atoms.